The van der Waals surface area contributed by atoms with Gasteiger partial charge in [0.25, 0.3) is 0 Å². The van der Waals surface area contributed by atoms with Crippen molar-refractivity contribution >= 4 is 22.6 Å². The van der Waals surface area contributed by atoms with Gasteiger partial charge in [-0.1, -0.05) is 31.7 Å². The molecule has 0 aromatic heterocycles. The predicted octanol–water partition coefficient (Wildman–Crippen LogP) is 2.35. The largest absolute Gasteiger partial charge is 0.398 e. The molecule has 0 amide bonds. The average molecular weight is 194 g/mol. The SMILES string of the molecule is CC(C)SC(=O)c1[c]c(N)ccc1. The number of benzene rings is 1. The van der Waals surface area contributed by atoms with Gasteiger partial charge < -0.3 is 5.73 Å². The molecule has 3 heteroatoms. The van der Waals surface area contributed by atoms with Crippen molar-refractivity contribution in [1.29, 1.82) is 0 Å². The van der Waals surface area contributed by atoms with Crippen molar-refractivity contribution in [3.05, 3.63) is 29.8 Å². The van der Waals surface area contributed by atoms with Crippen molar-refractivity contribution in [2.75, 3.05) is 5.73 Å². The highest BCUT2D eigenvalue weighted by atomic mass is 32.2. The Bertz CT molecular complexity index is 310. The third-order valence-electron chi connectivity index (χ3n) is 1.38. The van der Waals surface area contributed by atoms with Crippen LogP contribution in [0, 0.1) is 6.07 Å². The molecule has 0 aliphatic rings. The topological polar surface area (TPSA) is 43.1 Å². The van der Waals surface area contributed by atoms with Gasteiger partial charge in [0.2, 0.25) is 5.12 Å². The molecule has 2 N–H and O–H groups in total. The first kappa shape index (κ1) is 10.1. The van der Waals surface area contributed by atoms with Crippen molar-refractivity contribution < 1.29 is 4.79 Å². The fourth-order valence-corrected chi connectivity index (χ4v) is 1.56. The number of nitrogen functional groups attached to an aromatic ring is 1. The summed E-state index contributed by atoms with van der Waals surface area (Å²) in [6.07, 6.45) is 0. The van der Waals surface area contributed by atoms with E-state index in [1.54, 1.807) is 18.2 Å². The van der Waals surface area contributed by atoms with Crippen LogP contribution in [0.5, 0.6) is 0 Å². The second-order valence-corrected chi connectivity index (χ2v) is 4.52. The molecule has 1 aromatic rings. The smallest absolute Gasteiger partial charge is 0.220 e. The summed E-state index contributed by atoms with van der Waals surface area (Å²) in [6, 6.07) is 8.03. The molecule has 0 aliphatic heterocycles. The summed E-state index contributed by atoms with van der Waals surface area (Å²) in [7, 11) is 0. The zero-order valence-electron chi connectivity index (χ0n) is 7.70. The van der Waals surface area contributed by atoms with Crippen molar-refractivity contribution in [2.45, 2.75) is 19.1 Å². The molecule has 0 bridgehead atoms. The van der Waals surface area contributed by atoms with E-state index in [0.717, 1.165) is 0 Å². The van der Waals surface area contributed by atoms with Gasteiger partial charge in [0.1, 0.15) is 0 Å². The van der Waals surface area contributed by atoms with Crippen molar-refractivity contribution in [3.8, 4) is 0 Å². The number of rotatable bonds is 2. The summed E-state index contributed by atoms with van der Waals surface area (Å²) >= 11 is 1.29. The average Bonchev–Trinajstić information content (AvgIpc) is 2.03. The van der Waals surface area contributed by atoms with Crippen LogP contribution < -0.4 is 5.73 Å². The van der Waals surface area contributed by atoms with E-state index < -0.39 is 0 Å². The lowest BCUT2D eigenvalue weighted by Gasteiger charge is -2.03. The molecule has 0 heterocycles. The second-order valence-electron chi connectivity index (χ2n) is 2.97. The Kier molecular flexibility index (Phi) is 3.37. The van der Waals surface area contributed by atoms with E-state index in [1.165, 1.54) is 11.8 Å². The van der Waals surface area contributed by atoms with Gasteiger partial charge in [-0.05, 0) is 12.1 Å². The van der Waals surface area contributed by atoms with Gasteiger partial charge in [-0.3, -0.25) is 4.79 Å². The zero-order chi connectivity index (χ0) is 9.84. The third-order valence-corrected chi connectivity index (χ3v) is 2.29. The molecule has 1 rings (SSSR count). The van der Waals surface area contributed by atoms with Gasteiger partial charge in [-0.15, -0.1) is 0 Å². The minimum absolute atomic E-state index is 0.0299. The Morgan fingerprint density at radius 1 is 1.54 bits per heavy atom. The van der Waals surface area contributed by atoms with E-state index in [1.807, 2.05) is 13.8 Å². The van der Waals surface area contributed by atoms with E-state index in [0.29, 0.717) is 16.5 Å². The molecule has 13 heavy (non-hydrogen) atoms. The fourth-order valence-electron chi connectivity index (χ4n) is 0.883. The molecule has 0 aliphatic carbocycles. The van der Waals surface area contributed by atoms with Gasteiger partial charge in [0.05, 0.1) is 0 Å². The predicted molar refractivity (Wildman–Crippen MR) is 56.7 cm³/mol. The number of carbonyl (C=O) groups excluding carboxylic acids is 1. The maximum absolute atomic E-state index is 11.5. The van der Waals surface area contributed by atoms with Crippen LogP contribution in [0.3, 0.4) is 0 Å². The molecule has 1 radical (unpaired) electrons. The van der Waals surface area contributed by atoms with Gasteiger partial charge in [-0.25, -0.2) is 0 Å². The molecule has 0 saturated heterocycles. The fraction of sp³-hybridized carbons (Fsp3) is 0.300. The quantitative estimate of drug-likeness (QED) is 0.735. The highest BCUT2D eigenvalue weighted by Gasteiger charge is 2.08. The van der Waals surface area contributed by atoms with Crippen LogP contribution in [0.2, 0.25) is 0 Å². The number of hydrogen-bond acceptors (Lipinski definition) is 3. The van der Waals surface area contributed by atoms with Gasteiger partial charge in [0.15, 0.2) is 0 Å². The number of carbonyl (C=O) groups is 1. The lowest BCUT2D eigenvalue weighted by atomic mass is 10.2. The first-order valence-electron chi connectivity index (χ1n) is 4.08. The lowest BCUT2D eigenvalue weighted by Crippen LogP contribution is -2.00. The Labute approximate surface area is 82.5 Å². The summed E-state index contributed by atoms with van der Waals surface area (Å²) in [6.45, 7) is 3.96. The molecular formula is C10H12NOS. The lowest BCUT2D eigenvalue weighted by molar-refractivity contribution is 0.108. The van der Waals surface area contributed by atoms with Crippen LogP contribution in [0.25, 0.3) is 0 Å². The molecule has 1 aromatic carbocycles. The molecular weight excluding hydrogens is 182 g/mol. The van der Waals surface area contributed by atoms with Crippen LogP contribution in [0.1, 0.15) is 24.2 Å². The van der Waals surface area contributed by atoms with E-state index in [2.05, 4.69) is 6.07 Å². The Morgan fingerprint density at radius 3 is 2.77 bits per heavy atom. The Hall–Kier alpha value is -0.960. The highest BCUT2D eigenvalue weighted by molar-refractivity contribution is 8.14. The summed E-state index contributed by atoms with van der Waals surface area (Å²) in [5.74, 6) is 0. The van der Waals surface area contributed by atoms with Gasteiger partial charge >= 0.3 is 0 Å². The molecule has 0 spiro atoms. The molecule has 69 valence electrons. The van der Waals surface area contributed by atoms with Crippen molar-refractivity contribution in [1.82, 2.24) is 0 Å². The zero-order valence-corrected chi connectivity index (χ0v) is 8.52. The first-order chi connectivity index (χ1) is 6.09. The summed E-state index contributed by atoms with van der Waals surface area (Å²) in [5.41, 5.74) is 6.57. The molecule has 0 unspecified atom stereocenters. The Balaban J connectivity index is 2.77. The maximum Gasteiger partial charge on any atom is 0.220 e. The minimum atomic E-state index is 0.0299. The maximum atomic E-state index is 11.5. The van der Waals surface area contributed by atoms with E-state index >= 15 is 0 Å². The van der Waals surface area contributed by atoms with Crippen LogP contribution in [0.4, 0.5) is 5.69 Å². The summed E-state index contributed by atoms with van der Waals surface area (Å²) in [4.78, 5) is 11.5. The number of nitrogens with two attached hydrogens (primary N) is 1. The van der Waals surface area contributed by atoms with Crippen LogP contribution >= 0.6 is 11.8 Å². The molecule has 2 nitrogen and oxygen atoms in total. The van der Waals surface area contributed by atoms with E-state index in [-0.39, 0.29) is 5.12 Å². The standard InChI is InChI=1S/C10H12NOS/c1-7(2)13-10(12)8-4-3-5-9(11)6-8/h3-5,7H,11H2,1-2H3. The Morgan fingerprint density at radius 2 is 2.23 bits per heavy atom. The summed E-state index contributed by atoms with van der Waals surface area (Å²) in [5, 5.41) is 0.324. The number of anilines is 1. The van der Waals surface area contributed by atoms with E-state index in [4.69, 9.17) is 5.73 Å². The molecule has 0 fully saturated rings. The highest BCUT2D eigenvalue weighted by Crippen LogP contribution is 2.18. The van der Waals surface area contributed by atoms with Crippen molar-refractivity contribution in [2.24, 2.45) is 0 Å². The third kappa shape index (κ3) is 3.11. The normalized spacial score (nSPS) is 10.4. The second kappa shape index (κ2) is 4.33. The summed E-state index contributed by atoms with van der Waals surface area (Å²) < 4.78 is 0. The number of thioether (sulfide) groups is 1. The van der Waals surface area contributed by atoms with Crippen LogP contribution in [0.15, 0.2) is 18.2 Å². The molecule has 0 atom stereocenters. The molecule has 0 saturated carbocycles. The number of hydrogen-bond donors (Lipinski definition) is 1. The first-order valence-corrected chi connectivity index (χ1v) is 4.96. The monoisotopic (exact) mass is 194 g/mol. The van der Waals surface area contributed by atoms with Crippen LogP contribution in [-0.2, 0) is 0 Å². The van der Waals surface area contributed by atoms with Gasteiger partial charge in [-0.2, -0.15) is 0 Å². The van der Waals surface area contributed by atoms with Gasteiger partial charge in [0, 0.05) is 22.6 Å². The van der Waals surface area contributed by atoms with Crippen molar-refractivity contribution in [3.63, 3.8) is 0 Å². The van der Waals surface area contributed by atoms with E-state index in [9.17, 15) is 4.79 Å². The van der Waals surface area contributed by atoms with Crippen LogP contribution in [-0.4, -0.2) is 10.4 Å². The minimum Gasteiger partial charge on any atom is -0.398 e.